The van der Waals surface area contributed by atoms with Gasteiger partial charge in [-0.3, -0.25) is 4.79 Å². The minimum atomic E-state index is 0.660. The summed E-state index contributed by atoms with van der Waals surface area (Å²) >= 11 is 2.19. The quantitative estimate of drug-likeness (QED) is 0.630. The molecule has 0 aliphatic heterocycles. The average molecular weight is 298 g/mol. The fourth-order valence-corrected chi connectivity index (χ4v) is 1.57. The summed E-state index contributed by atoms with van der Waals surface area (Å²) < 4.78 is 2.81. The third-order valence-electron chi connectivity index (χ3n) is 1.82. The second-order valence-corrected chi connectivity index (χ2v) is 4.06. The van der Waals surface area contributed by atoms with Gasteiger partial charge >= 0.3 is 0 Å². The van der Waals surface area contributed by atoms with Gasteiger partial charge in [0, 0.05) is 11.8 Å². The summed E-state index contributed by atoms with van der Waals surface area (Å²) in [6.45, 7) is 0. The lowest BCUT2D eigenvalue weighted by molar-refractivity contribution is 0.112. The Morgan fingerprint density at radius 2 is 2.29 bits per heavy atom. The highest BCUT2D eigenvalue weighted by atomic mass is 127. The molecular formula is C10H7IN2O. The molecule has 0 saturated heterocycles. The van der Waals surface area contributed by atoms with Crippen LogP contribution in [0.25, 0.3) is 5.69 Å². The van der Waals surface area contributed by atoms with Crippen LogP contribution in [0.5, 0.6) is 0 Å². The normalized spacial score (nSPS) is 10.1. The van der Waals surface area contributed by atoms with Crippen LogP contribution in [-0.4, -0.2) is 16.1 Å². The first-order chi connectivity index (χ1) is 6.79. The molecule has 0 radical (unpaired) electrons. The van der Waals surface area contributed by atoms with Gasteiger partial charge in [-0.25, -0.2) is 4.68 Å². The number of hydrogen-bond donors (Lipinski definition) is 0. The number of nitrogens with zero attached hydrogens (tertiary/aromatic N) is 2. The van der Waals surface area contributed by atoms with Crippen LogP contribution in [0.4, 0.5) is 0 Å². The van der Waals surface area contributed by atoms with Crippen molar-refractivity contribution in [3.05, 3.63) is 45.8 Å². The summed E-state index contributed by atoms with van der Waals surface area (Å²) in [5.41, 5.74) is 1.56. The molecule has 0 saturated carbocycles. The minimum absolute atomic E-state index is 0.660. The van der Waals surface area contributed by atoms with Crippen molar-refractivity contribution in [3.8, 4) is 5.69 Å². The van der Waals surface area contributed by atoms with Crippen molar-refractivity contribution in [2.75, 3.05) is 0 Å². The van der Waals surface area contributed by atoms with Crippen molar-refractivity contribution in [3.63, 3.8) is 0 Å². The molecule has 2 rings (SSSR count). The van der Waals surface area contributed by atoms with E-state index in [1.807, 2.05) is 18.3 Å². The van der Waals surface area contributed by atoms with Crippen molar-refractivity contribution >= 4 is 28.9 Å². The molecule has 1 aromatic heterocycles. The second kappa shape index (κ2) is 3.91. The fourth-order valence-electron chi connectivity index (χ4n) is 1.18. The zero-order valence-electron chi connectivity index (χ0n) is 7.22. The van der Waals surface area contributed by atoms with E-state index in [1.165, 1.54) is 0 Å². The molecule has 0 spiro atoms. The number of aromatic nitrogens is 2. The van der Waals surface area contributed by atoms with Crippen LogP contribution in [0, 0.1) is 3.57 Å². The van der Waals surface area contributed by atoms with Crippen LogP contribution >= 0.6 is 22.6 Å². The van der Waals surface area contributed by atoms with Gasteiger partial charge in [0.1, 0.15) is 6.29 Å². The molecule has 1 heterocycles. The van der Waals surface area contributed by atoms with E-state index in [0.717, 1.165) is 15.5 Å². The molecule has 0 amide bonds. The van der Waals surface area contributed by atoms with Gasteiger partial charge in [0.05, 0.1) is 15.5 Å². The average Bonchev–Trinajstić information content (AvgIpc) is 2.65. The summed E-state index contributed by atoms with van der Waals surface area (Å²) in [7, 11) is 0. The Balaban J connectivity index is 2.46. The maximum atomic E-state index is 10.6. The second-order valence-electron chi connectivity index (χ2n) is 2.82. The van der Waals surface area contributed by atoms with Crippen molar-refractivity contribution in [1.29, 1.82) is 0 Å². The van der Waals surface area contributed by atoms with Gasteiger partial charge in [0.2, 0.25) is 0 Å². The zero-order chi connectivity index (χ0) is 9.97. The Hall–Kier alpha value is -1.17. The Morgan fingerprint density at radius 3 is 2.93 bits per heavy atom. The third kappa shape index (κ3) is 1.84. The maximum Gasteiger partial charge on any atom is 0.150 e. The molecule has 0 atom stereocenters. The van der Waals surface area contributed by atoms with Gasteiger partial charge in [-0.05, 0) is 34.7 Å². The predicted octanol–water partition coefficient (Wildman–Crippen LogP) is 2.29. The number of hydrogen-bond acceptors (Lipinski definition) is 2. The van der Waals surface area contributed by atoms with Gasteiger partial charge in [-0.15, -0.1) is 0 Å². The number of halogens is 1. The molecule has 14 heavy (non-hydrogen) atoms. The molecular weight excluding hydrogens is 291 g/mol. The molecule has 4 heteroatoms. The van der Waals surface area contributed by atoms with E-state index in [1.54, 1.807) is 23.0 Å². The first-order valence-electron chi connectivity index (χ1n) is 4.05. The van der Waals surface area contributed by atoms with E-state index in [2.05, 4.69) is 27.7 Å². The van der Waals surface area contributed by atoms with Crippen LogP contribution in [0.1, 0.15) is 10.4 Å². The number of aldehydes is 1. The molecule has 0 unspecified atom stereocenters. The molecule has 0 bridgehead atoms. The highest BCUT2D eigenvalue weighted by Crippen LogP contribution is 2.10. The molecule has 1 aromatic carbocycles. The Bertz CT molecular complexity index is 465. The van der Waals surface area contributed by atoms with E-state index < -0.39 is 0 Å². The number of carbonyl (C=O) groups excluding carboxylic acids is 1. The number of benzene rings is 1. The van der Waals surface area contributed by atoms with Gasteiger partial charge in [0.25, 0.3) is 0 Å². The van der Waals surface area contributed by atoms with Crippen LogP contribution < -0.4 is 0 Å². The van der Waals surface area contributed by atoms with Crippen LogP contribution in [-0.2, 0) is 0 Å². The highest BCUT2D eigenvalue weighted by molar-refractivity contribution is 14.1. The van der Waals surface area contributed by atoms with Crippen molar-refractivity contribution in [1.82, 2.24) is 9.78 Å². The monoisotopic (exact) mass is 298 g/mol. The lowest BCUT2D eigenvalue weighted by Crippen LogP contribution is -1.94. The minimum Gasteiger partial charge on any atom is -0.298 e. The summed E-state index contributed by atoms with van der Waals surface area (Å²) in [5, 5.41) is 4.15. The highest BCUT2D eigenvalue weighted by Gasteiger charge is 1.99. The Morgan fingerprint density at radius 1 is 1.43 bits per heavy atom. The van der Waals surface area contributed by atoms with Gasteiger partial charge in [-0.1, -0.05) is 12.1 Å². The Labute approximate surface area is 94.9 Å². The SMILES string of the molecule is O=Cc1cccc(-n2cc(I)cn2)c1. The van der Waals surface area contributed by atoms with E-state index in [-0.39, 0.29) is 0 Å². The van der Waals surface area contributed by atoms with Crippen molar-refractivity contribution in [2.45, 2.75) is 0 Å². The first kappa shape index (κ1) is 9.39. The summed E-state index contributed by atoms with van der Waals surface area (Å²) in [5.74, 6) is 0. The van der Waals surface area contributed by atoms with Gasteiger partial charge in [-0.2, -0.15) is 5.10 Å². The fraction of sp³-hybridized carbons (Fsp3) is 0. The number of rotatable bonds is 2. The van der Waals surface area contributed by atoms with Gasteiger partial charge in [0.15, 0.2) is 0 Å². The lowest BCUT2D eigenvalue weighted by atomic mass is 10.2. The van der Waals surface area contributed by atoms with Crippen LogP contribution in [0.15, 0.2) is 36.7 Å². The summed E-state index contributed by atoms with van der Waals surface area (Å²) in [4.78, 5) is 10.6. The number of carbonyl (C=O) groups is 1. The van der Waals surface area contributed by atoms with E-state index >= 15 is 0 Å². The van der Waals surface area contributed by atoms with Crippen molar-refractivity contribution < 1.29 is 4.79 Å². The maximum absolute atomic E-state index is 10.6. The molecule has 0 aliphatic carbocycles. The third-order valence-corrected chi connectivity index (χ3v) is 2.38. The van der Waals surface area contributed by atoms with E-state index in [4.69, 9.17) is 0 Å². The Kier molecular flexibility index (Phi) is 2.62. The molecule has 0 aliphatic rings. The molecule has 0 fully saturated rings. The first-order valence-corrected chi connectivity index (χ1v) is 5.13. The van der Waals surface area contributed by atoms with Crippen LogP contribution in [0.3, 0.4) is 0 Å². The topological polar surface area (TPSA) is 34.9 Å². The van der Waals surface area contributed by atoms with E-state index in [0.29, 0.717) is 5.56 Å². The molecule has 70 valence electrons. The largest absolute Gasteiger partial charge is 0.298 e. The lowest BCUT2D eigenvalue weighted by Gasteiger charge is -2.00. The standard InChI is InChI=1S/C10H7IN2O/c11-9-5-12-13(6-9)10-3-1-2-8(4-10)7-14/h1-7H. The van der Waals surface area contributed by atoms with Crippen molar-refractivity contribution in [2.24, 2.45) is 0 Å². The predicted molar refractivity (Wildman–Crippen MR) is 61.7 cm³/mol. The molecule has 2 aromatic rings. The summed E-state index contributed by atoms with van der Waals surface area (Å²) in [6.07, 6.45) is 4.51. The van der Waals surface area contributed by atoms with Crippen LogP contribution in [0.2, 0.25) is 0 Å². The zero-order valence-corrected chi connectivity index (χ0v) is 9.38. The molecule has 0 N–H and O–H groups in total. The summed E-state index contributed by atoms with van der Waals surface area (Å²) in [6, 6.07) is 7.32. The van der Waals surface area contributed by atoms with E-state index in [9.17, 15) is 4.79 Å². The molecule has 3 nitrogen and oxygen atoms in total. The van der Waals surface area contributed by atoms with Gasteiger partial charge < -0.3 is 0 Å². The smallest absolute Gasteiger partial charge is 0.150 e.